The number of alkyl halides is 1. The molecule has 2 heterocycles. The van der Waals surface area contributed by atoms with Gasteiger partial charge in [0, 0.05) is 27.9 Å². The molecule has 180 valence electrons. The van der Waals surface area contributed by atoms with Gasteiger partial charge in [0.05, 0.1) is 24.6 Å². The predicted molar refractivity (Wildman–Crippen MR) is 142 cm³/mol. The van der Waals surface area contributed by atoms with Crippen molar-refractivity contribution in [3.8, 4) is 16.2 Å². The summed E-state index contributed by atoms with van der Waals surface area (Å²) in [6, 6.07) is 14.3. The van der Waals surface area contributed by atoms with E-state index in [2.05, 4.69) is 15.9 Å². The van der Waals surface area contributed by atoms with E-state index < -0.39 is 0 Å². The third kappa shape index (κ3) is 4.47. The van der Waals surface area contributed by atoms with Crippen molar-refractivity contribution < 1.29 is 13.9 Å². The lowest BCUT2D eigenvalue weighted by atomic mass is 9.95. The van der Waals surface area contributed by atoms with E-state index in [1.807, 2.05) is 28.8 Å². The van der Waals surface area contributed by atoms with Crippen molar-refractivity contribution >= 4 is 43.3 Å². The summed E-state index contributed by atoms with van der Waals surface area (Å²) in [6.45, 7) is 0.235. The van der Waals surface area contributed by atoms with Gasteiger partial charge in [0.15, 0.2) is 5.78 Å². The van der Waals surface area contributed by atoms with Crippen LogP contribution in [0, 0.1) is 11.7 Å². The molecule has 1 saturated carbocycles. The normalized spacial score (nSPS) is 14.0. The monoisotopic (exact) mass is 553 g/mol. The average Bonchev–Trinajstić information content (AvgIpc) is 3.55. The Labute approximate surface area is 215 Å². The number of ether oxygens (including phenoxy) is 1. The minimum atomic E-state index is -0.310. The second-order valence-electron chi connectivity index (χ2n) is 8.89. The summed E-state index contributed by atoms with van der Waals surface area (Å²) in [5.74, 6) is 0.234. The smallest absolute Gasteiger partial charge is 0.201 e. The summed E-state index contributed by atoms with van der Waals surface area (Å²) in [5, 5.41) is 1.00. The molecule has 0 radical (unpaired) electrons. The number of hydrogen-bond donors (Lipinski definition) is 0. The molecule has 0 aliphatic heterocycles. The fraction of sp³-hybridized carbons (Fsp3) is 0.286. The molecule has 0 bridgehead atoms. The number of carbonyl (C=O) groups is 1. The molecule has 0 atom stereocenters. The molecule has 1 aliphatic carbocycles. The van der Waals surface area contributed by atoms with Gasteiger partial charge in [-0.3, -0.25) is 9.59 Å². The van der Waals surface area contributed by atoms with Crippen LogP contribution in [0.1, 0.15) is 47.2 Å². The zero-order valence-corrected chi connectivity index (χ0v) is 21.8. The van der Waals surface area contributed by atoms with E-state index in [0.29, 0.717) is 16.3 Å². The van der Waals surface area contributed by atoms with Crippen LogP contribution in [0.3, 0.4) is 0 Å². The Morgan fingerprint density at radius 2 is 1.86 bits per heavy atom. The Morgan fingerprint density at radius 3 is 2.51 bits per heavy atom. The van der Waals surface area contributed by atoms with Crippen molar-refractivity contribution in [2.24, 2.45) is 5.92 Å². The maximum atomic E-state index is 14.6. The lowest BCUT2D eigenvalue weighted by Crippen LogP contribution is -2.23. The van der Waals surface area contributed by atoms with Crippen LogP contribution in [0.5, 0.6) is 5.75 Å². The average molecular weight is 554 g/mol. The Hall–Kier alpha value is -2.77. The summed E-state index contributed by atoms with van der Waals surface area (Å²) in [7, 11) is 1.62. The van der Waals surface area contributed by atoms with Crippen molar-refractivity contribution in [1.29, 1.82) is 0 Å². The summed E-state index contributed by atoms with van der Waals surface area (Å²) in [5.41, 5.74) is 2.30. The lowest BCUT2D eigenvalue weighted by molar-refractivity contribution is 0.0921. The second-order valence-corrected chi connectivity index (χ2v) is 10.4. The van der Waals surface area contributed by atoms with Gasteiger partial charge in [-0.15, -0.1) is 11.3 Å². The standard InChI is InChI=1S/C28H25BrFNO3S/c1-34-20-12-10-18(11-13-20)27-21(14-29)24-26(33)22(25(32)17-6-2-3-7-17)16-31(28(24)35-27)15-19-8-4-5-9-23(19)30/h4-5,8-13,16-17H,2-3,6-7,14-15H2,1H3. The maximum absolute atomic E-state index is 14.6. The number of nitrogens with zero attached hydrogens (tertiary/aromatic N) is 1. The first-order valence-corrected chi connectivity index (χ1v) is 13.6. The van der Waals surface area contributed by atoms with Crippen LogP contribution >= 0.6 is 27.3 Å². The molecule has 0 saturated heterocycles. The first kappa shape index (κ1) is 23.9. The van der Waals surface area contributed by atoms with Crippen LogP contribution in [0.15, 0.2) is 59.5 Å². The third-order valence-corrected chi connectivity index (χ3v) is 8.66. The van der Waals surface area contributed by atoms with Gasteiger partial charge in [-0.25, -0.2) is 4.39 Å². The van der Waals surface area contributed by atoms with Gasteiger partial charge in [-0.2, -0.15) is 0 Å². The highest BCUT2D eigenvalue weighted by Gasteiger charge is 2.29. The van der Waals surface area contributed by atoms with Crippen LogP contribution in [0.4, 0.5) is 4.39 Å². The predicted octanol–water partition coefficient (Wildman–Crippen LogP) is 7.19. The lowest BCUT2D eigenvalue weighted by Gasteiger charge is -2.14. The first-order chi connectivity index (χ1) is 17.0. The van der Waals surface area contributed by atoms with Gasteiger partial charge in [0.1, 0.15) is 16.4 Å². The largest absolute Gasteiger partial charge is 0.497 e. The van der Waals surface area contributed by atoms with Gasteiger partial charge < -0.3 is 9.30 Å². The Bertz CT molecular complexity index is 1450. The van der Waals surface area contributed by atoms with E-state index in [4.69, 9.17) is 4.74 Å². The molecule has 0 N–H and O–H groups in total. The van der Waals surface area contributed by atoms with Gasteiger partial charge in [-0.1, -0.05) is 47.0 Å². The maximum Gasteiger partial charge on any atom is 0.201 e. The minimum absolute atomic E-state index is 0.0885. The highest BCUT2D eigenvalue weighted by atomic mass is 79.9. The fourth-order valence-corrected chi connectivity index (χ4v) is 6.95. The number of benzene rings is 2. The minimum Gasteiger partial charge on any atom is -0.497 e. The van der Waals surface area contributed by atoms with Crippen molar-refractivity contribution in [3.05, 3.63) is 87.5 Å². The van der Waals surface area contributed by atoms with E-state index in [0.717, 1.165) is 52.3 Å². The molecule has 2 aromatic heterocycles. The number of halogens is 2. The summed E-state index contributed by atoms with van der Waals surface area (Å²) in [4.78, 5) is 28.9. The van der Waals surface area contributed by atoms with Gasteiger partial charge in [0.25, 0.3) is 0 Å². The summed E-state index contributed by atoms with van der Waals surface area (Å²) >= 11 is 5.08. The molecule has 7 heteroatoms. The van der Waals surface area contributed by atoms with Gasteiger partial charge in [-0.05, 0) is 54.3 Å². The molecule has 0 spiro atoms. The van der Waals surface area contributed by atoms with Crippen molar-refractivity contribution in [2.75, 3.05) is 7.11 Å². The number of thiophene rings is 1. The summed E-state index contributed by atoms with van der Waals surface area (Å²) in [6.07, 6.45) is 5.30. The molecule has 0 amide bonds. The zero-order chi connectivity index (χ0) is 24.5. The number of methoxy groups -OCH3 is 1. The zero-order valence-electron chi connectivity index (χ0n) is 19.4. The fourth-order valence-electron chi connectivity index (χ4n) is 4.91. The van der Waals surface area contributed by atoms with Crippen LogP contribution in [-0.2, 0) is 11.9 Å². The van der Waals surface area contributed by atoms with Crippen molar-refractivity contribution in [1.82, 2.24) is 4.57 Å². The molecule has 1 aliphatic rings. The first-order valence-electron chi connectivity index (χ1n) is 11.7. The molecular formula is C28H25BrFNO3S. The van der Waals surface area contributed by atoms with E-state index >= 15 is 0 Å². The van der Waals surface area contributed by atoms with Crippen LogP contribution in [0.25, 0.3) is 20.7 Å². The number of ketones is 1. The molecule has 1 fully saturated rings. The molecule has 2 aromatic carbocycles. The van der Waals surface area contributed by atoms with E-state index in [-0.39, 0.29) is 35.1 Å². The summed E-state index contributed by atoms with van der Waals surface area (Å²) < 4.78 is 21.8. The number of hydrogen-bond acceptors (Lipinski definition) is 4. The molecule has 0 unspecified atom stereocenters. The second kappa shape index (κ2) is 10.1. The highest BCUT2D eigenvalue weighted by Crippen LogP contribution is 2.40. The number of carbonyl (C=O) groups excluding carboxylic acids is 1. The molecule has 4 nitrogen and oxygen atoms in total. The molecule has 35 heavy (non-hydrogen) atoms. The highest BCUT2D eigenvalue weighted by molar-refractivity contribution is 9.08. The van der Waals surface area contributed by atoms with E-state index in [1.165, 1.54) is 17.4 Å². The Kier molecular flexibility index (Phi) is 6.89. The molecule has 4 aromatic rings. The van der Waals surface area contributed by atoms with Crippen LogP contribution < -0.4 is 10.2 Å². The topological polar surface area (TPSA) is 48.3 Å². The SMILES string of the molecule is COc1ccc(-c2sc3c(c2CBr)c(=O)c(C(=O)C2CCCC2)cn3Cc2ccccc2F)cc1. The molecular weight excluding hydrogens is 529 g/mol. The van der Waals surface area contributed by atoms with Crippen molar-refractivity contribution in [3.63, 3.8) is 0 Å². The Morgan fingerprint density at radius 1 is 1.14 bits per heavy atom. The van der Waals surface area contributed by atoms with Crippen molar-refractivity contribution in [2.45, 2.75) is 37.6 Å². The molecule has 5 rings (SSSR count). The number of aromatic nitrogens is 1. The number of pyridine rings is 1. The van der Waals surface area contributed by atoms with Crippen LogP contribution in [0.2, 0.25) is 0 Å². The third-order valence-electron chi connectivity index (χ3n) is 6.78. The number of rotatable bonds is 7. The Balaban J connectivity index is 1.74. The number of Topliss-reactive ketones (excluding diaryl/α,β-unsaturated/α-hetero) is 1. The van der Waals surface area contributed by atoms with E-state index in [9.17, 15) is 14.0 Å². The van der Waals surface area contributed by atoms with Gasteiger partial charge in [0.2, 0.25) is 5.43 Å². The van der Waals surface area contributed by atoms with Gasteiger partial charge >= 0.3 is 0 Å². The van der Waals surface area contributed by atoms with E-state index in [1.54, 1.807) is 31.5 Å². The van der Waals surface area contributed by atoms with Crippen LogP contribution in [-0.4, -0.2) is 17.5 Å². The quantitative estimate of drug-likeness (QED) is 0.179. The number of fused-ring (bicyclic) bond motifs is 1.